The maximum absolute atomic E-state index is 6.51. The molecule has 0 amide bonds. The van der Waals surface area contributed by atoms with Gasteiger partial charge in [-0.25, -0.2) is 0 Å². The van der Waals surface area contributed by atoms with E-state index in [2.05, 4.69) is 154 Å². The number of fused-ring (bicyclic) bond motifs is 9. The van der Waals surface area contributed by atoms with E-state index in [0.717, 1.165) is 16.8 Å². The van der Waals surface area contributed by atoms with Crippen LogP contribution in [-0.4, -0.2) is 18.3 Å². The molecule has 7 aromatic rings. The molecule has 0 bridgehead atoms. The Morgan fingerprint density at radius 3 is 1.69 bits per heavy atom. The molecule has 0 aromatic heterocycles. The van der Waals surface area contributed by atoms with Gasteiger partial charge in [0.25, 0.3) is 0 Å². The lowest BCUT2D eigenvalue weighted by Gasteiger charge is -2.34. The number of hydrogen-bond donors (Lipinski definition) is 0. The topological polar surface area (TPSA) is 21.7 Å². The second kappa shape index (κ2) is 9.61. The third-order valence-corrected chi connectivity index (χ3v) is 11.1. The standard InChI is InChI=1S/C40H32BNO2S/c1-39(2)40(3,4)44-41(43-39)27-17-20-37-36(23-27)42(35-21-25-11-5-6-12-26(25)22-38(35)45-37)28-18-19-33-31-15-8-7-13-29(31)30-14-9-10-16-32(30)34(33)24-28/h5-24H,1-4H3. The van der Waals surface area contributed by atoms with Crippen molar-refractivity contribution in [2.45, 2.75) is 48.7 Å². The fourth-order valence-electron chi connectivity index (χ4n) is 6.95. The summed E-state index contributed by atoms with van der Waals surface area (Å²) in [6.07, 6.45) is 0. The minimum absolute atomic E-state index is 0.407. The SMILES string of the molecule is CC1(C)OB(c2ccc3c(c2)N(c2ccc4c5ccccc5c5ccccc5c4c2)c2cc4ccccc4cc2S3)OC1(C)C. The molecule has 0 saturated carbocycles. The number of rotatable bonds is 2. The van der Waals surface area contributed by atoms with E-state index in [9.17, 15) is 0 Å². The van der Waals surface area contributed by atoms with E-state index >= 15 is 0 Å². The molecule has 1 saturated heterocycles. The summed E-state index contributed by atoms with van der Waals surface area (Å²) in [6.45, 7) is 8.44. The lowest BCUT2D eigenvalue weighted by atomic mass is 9.79. The zero-order valence-electron chi connectivity index (χ0n) is 25.8. The van der Waals surface area contributed by atoms with Crippen LogP contribution < -0.4 is 10.4 Å². The van der Waals surface area contributed by atoms with Crippen LogP contribution in [0.15, 0.2) is 131 Å². The van der Waals surface area contributed by atoms with Gasteiger partial charge in [-0.1, -0.05) is 96.7 Å². The Bertz CT molecular complexity index is 2300. The Morgan fingerprint density at radius 1 is 0.511 bits per heavy atom. The fraction of sp³-hybridized carbons (Fsp3) is 0.150. The molecule has 0 radical (unpaired) electrons. The monoisotopic (exact) mass is 601 g/mol. The van der Waals surface area contributed by atoms with Crippen molar-refractivity contribution in [3.63, 3.8) is 0 Å². The van der Waals surface area contributed by atoms with Gasteiger partial charge in [-0.05, 0) is 113 Å². The third-order valence-electron chi connectivity index (χ3n) is 10.0. The van der Waals surface area contributed by atoms with Crippen LogP contribution in [0.4, 0.5) is 17.1 Å². The number of hydrogen-bond acceptors (Lipinski definition) is 4. The number of benzene rings is 7. The molecule has 9 rings (SSSR count). The largest absolute Gasteiger partial charge is 0.494 e. The van der Waals surface area contributed by atoms with Crippen LogP contribution in [0.25, 0.3) is 43.1 Å². The van der Waals surface area contributed by atoms with Crippen LogP contribution in [0.2, 0.25) is 0 Å². The smallest absolute Gasteiger partial charge is 0.399 e. The van der Waals surface area contributed by atoms with Crippen molar-refractivity contribution in [3.05, 3.63) is 121 Å². The van der Waals surface area contributed by atoms with E-state index < -0.39 is 18.3 Å². The van der Waals surface area contributed by atoms with Crippen LogP contribution in [0.3, 0.4) is 0 Å². The highest BCUT2D eigenvalue weighted by Crippen LogP contribution is 2.53. The highest BCUT2D eigenvalue weighted by Gasteiger charge is 2.52. The van der Waals surface area contributed by atoms with Crippen molar-refractivity contribution in [2.24, 2.45) is 0 Å². The van der Waals surface area contributed by atoms with Crippen molar-refractivity contribution < 1.29 is 9.31 Å². The van der Waals surface area contributed by atoms with Gasteiger partial charge in [0.05, 0.1) is 22.6 Å². The summed E-state index contributed by atoms with van der Waals surface area (Å²) < 4.78 is 13.0. The van der Waals surface area contributed by atoms with Gasteiger partial charge in [0.2, 0.25) is 0 Å². The second-order valence-electron chi connectivity index (χ2n) is 13.2. The van der Waals surface area contributed by atoms with E-state index in [1.807, 2.05) is 11.8 Å². The van der Waals surface area contributed by atoms with E-state index in [4.69, 9.17) is 9.31 Å². The Balaban J connectivity index is 1.29. The molecule has 45 heavy (non-hydrogen) atoms. The molecule has 3 nitrogen and oxygen atoms in total. The zero-order valence-corrected chi connectivity index (χ0v) is 26.6. The molecule has 218 valence electrons. The Labute approximate surface area is 267 Å². The summed E-state index contributed by atoms with van der Waals surface area (Å²) in [6, 6.07) is 44.5. The van der Waals surface area contributed by atoms with Crippen molar-refractivity contribution in [1.29, 1.82) is 0 Å². The maximum atomic E-state index is 6.51. The van der Waals surface area contributed by atoms with E-state index in [1.165, 1.54) is 58.6 Å². The molecule has 0 spiro atoms. The molecule has 2 aliphatic rings. The van der Waals surface area contributed by atoms with Crippen molar-refractivity contribution in [3.8, 4) is 0 Å². The molecular weight excluding hydrogens is 569 g/mol. The van der Waals surface area contributed by atoms with Gasteiger partial charge in [0.1, 0.15) is 0 Å². The first-order valence-electron chi connectivity index (χ1n) is 15.6. The maximum Gasteiger partial charge on any atom is 0.494 e. The van der Waals surface area contributed by atoms with E-state index in [-0.39, 0.29) is 0 Å². The molecule has 2 aliphatic heterocycles. The van der Waals surface area contributed by atoms with Gasteiger partial charge in [-0.3, -0.25) is 0 Å². The Kier molecular flexibility index (Phi) is 5.78. The molecule has 2 heterocycles. The lowest BCUT2D eigenvalue weighted by molar-refractivity contribution is 0.00578. The predicted molar refractivity (Wildman–Crippen MR) is 191 cm³/mol. The van der Waals surface area contributed by atoms with Gasteiger partial charge >= 0.3 is 7.12 Å². The van der Waals surface area contributed by atoms with Crippen molar-refractivity contribution in [1.82, 2.24) is 0 Å². The van der Waals surface area contributed by atoms with Gasteiger partial charge in [-0.2, -0.15) is 0 Å². The van der Waals surface area contributed by atoms with Crippen LogP contribution in [0.5, 0.6) is 0 Å². The normalized spacial score (nSPS) is 16.9. The highest BCUT2D eigenvalue weighted by molar-refractivity contribution is 7.99. The van der Waals surface area contributed by atoms with Gasteiger partial charge in [0.15, 0.2) is 0 Å². The van der Waals surface area contributed by atoms with Crippen molar-refractivity contribution >= 4 is 84.5 Å². The lowest BCUT2D eigenvalue weighted by Crippen LogP contribution is -2.41. The third kappa shape index (κ3) is 4.08. The number of anilines is 3. The predicted octanol–water partition coefficient (Wildman–Crippen LogP) is 10.5. The molecule has 0 unspecified atom stereocenters. The fourth-order valence-corrected chi connectivity index (χ4v) is 8.01. The van der Waals surface area contributed by atoms with E-state index in [0.29, 0.717) is 0 Å². The summed E-state index contributed by atoms with van der Waals surface area (Å²) in [5.74, 6) is 0. The molecule has 0 N–H and O–H groups in total. The van der Waals surface area contributed by atoms with Crippen LogP contribution >= 0.6 is 11.8 Å². The second-order valence-corrected chi connectivity index (χ2v) is 14.3. The Hall–Kier alpha value is -4.29. The zero-order chi connectivity index (χ0) is 30.5. The van der Waals surface area contributed by atoms with Crippen LogP contribution in [0.1, 0.15) is 27.7 Å². The summed E-state index contributed by atoms with van der Waals surface area (Å²) in [5, 5.41) is 10.1. The van der Waals surface area contributed by atoms with Crippen LogP contribution in [-0.2, 0) is 9.31 Å². The molecular formula is C40H32BNO2S. The Morgan fingerprint density at radius 2 is 1.04 bits per heavy atom. The average Bonchev–Trinajstić information content (AvgIpc) is 3.28. The van der Waals surface area contributed by atoms with Gasteiger partial charge in [-0.15, -0.1) is 0 Å². The molecule has 5 heteroatoms. The first-order valence-corrected chi connectivity index (χ1v) is 16.4. The first-order chi connectivity index (χ1) is 21.8. The molecule has 7 aromatic carbocycles. The molecule has 1 fully saturated rings. The number of nitrogens with zero attached hydrogens (tertiary/aromatic N) is 1. The van der Waals surface area contributed by atoms with Crippen LogP contribution in [0, 0.1) is 0 Å². The minimum atomic E-state index is -0.433. The minimum Gasteiger partial charge on any atom is -0.399 e. The average molecular weight is 602 g/mol. The summed E-state index contributed by atoms with van der Waals surface area (Å²) >= 11 is 1.83. The first kappa shape index (κ1) is 27.1. The summed E-state index contributed by atoms with van der Waals surface area (Å²) in [4.78, 5) is 4.89. The highest BCUT2D eigenvalue weighted by atomic mass is 32.2. The van der Waals surface area contributed by atoms with E-state index in [1.54, 1.807) is 0 Å². The summed E-state index contributed by atoms with van der Waals surface area (Å²) in [5.41, 5.74) is 3.67. The quantitative estimate of drug-likeness (QED) is 0.145. The summed E-state index contributed by atoms with van der Waals surface area (Å²) in [7, 11) is -0.433. The van der Waals surface area contributed by atoms with Gasteiger partial charge in [0, 0.05) is 15.5 Å². The molecule has 0 atom stereocenters. The van der Waals surface area contributed by atoms with Gasteiger partial charge < -0.3 is 14.2 Å². The molecule has 0 aliphatic carbocycles. The van der Waals surface area contributed by atoms with Crippen molar-refractivity contribution in [2.75, 3.05) is 4.90 Å².